The normalized spacial score (nSPS) is 10.6. The van der Waals surface area contributed by atoms with Crippen LogP contribution in [0.3, 0.4) is 0 Å². The van der Waals surface area contributed by atoms with Crippen LogP contribution in [0.15, 0.2) is 27.1 Å². The fourth-order valence-corrected chi connectivity index (χ4v) is 1.60. The Bertz CT molecular complexity index is 476. The second kappa shape index (κ2) is 2.96. The lowest BCUT2D eigenvalue weighted by atomic mass is 10.2. The summed E-state index contributed by atoms with van der Waals surface area (Å²) in [6, 6.07) is 4.48. The fraction of sp³-hybridized carbons (Fsp3) is 0. The summed E-state index contributed by atoms with van der Waals surface area (Å²) in [7, 11) is 0. The molecule has 66 valence electrons. The standard InChI is InChI=1S/C9H4BrFO2/c10-6-1-5-2-7(4-12)13-9(5)8(11)3-6/h1-4H. The molecule has 2 rings (SSSR count). The molecule has 0 amide bonds. The Balaban J connectivity index is 2.82. The molecule has 0 saturated heterocycles. The summed E-state index contributed by atoms with van der Waals surface area (Å²) in [5, 5.41) is 0.578. The Labute approximate surface area is 81.5 Å². The van der Waals surface area contributed by atoms with E-state index in [-0.39, 0.29) is 11.3 Å². The molecule has 0 saturated carbocycles. The summed E-state index contributed by atoms with van der Waals surface area (Å²) in [6.07, 6.45) is 0.549. The maximum Gasteiger partial charge on any atom is 0.185 e. The Kier molecular flexibility index (Phi) is 1.92. The van der Waals surface area contributed by atoms with E-state index >= 15 is 0 Å². The van der Waals surface area contributed by atoms with Gasteiger partial charge in [0.05, 0.1) is 0 Å². The lowest BCUT2D eigenvalue weighted by molar-refractivity contribution is 0.110. The first-order valence-electron chi connectivity index (χ1n) is 3.54. The van der Waals surface area contributed by atoms with E-state index in [2.05, 4.69) is 15.9 Å². The molecule has 2 nitrogen and oxygen atoms in total. The number of halogens is 2. The van der Waals surface area contributed by atoms with Crippen LogP contribution in [0.1, 0.15) is 10.6 Å². The largest absolute Gasteiger partial charge is 0.450 e. The topological polar surface area (TPSA) is 30.2 Å². The Morgan fingerprint density at radius 2 is 2.15 bits per heavy atom. The van der Waals surface area contributed by atoms with Gasteiger partial charge in [-0.25, -0.2) is 4.39 Å². The smallest absolute Gasteiger partial charge is 0.185 e. The van der Waals surface area contributed by atoms with Crippen molar-refractivity contribution in [2.45, 2.75) is 0 Å². The van der Waals surface area contributed by atoms with Crippen LogP contribution < -0.4 is 0 Å². The lowest BCUT2D eigenvalue weighted by Gasteiger charge is -1.91. The third-order valence-corrected chi connectivity index (χ3v) is 2.13. The zero-order chi connectivity index (χ0) is 9.42. The number of furan rings is 1. The van der Waals surface area contributed by atoms with E-state index in [1.165, 1.54) is 12.1 Å². The Hall–Kier alpha value is -1.16. The van der Waals surface area contributed by atoms with Gasteiger partial charge in [-0.2, -0.15) is 0 Å². The number of hydrogen-bond acceptors (Lipinski definition) is 2. The van der Waals surface area contributed by atoms with Crippen molar-refractivity contribution in [1.29, 1.82) is 0 Å². The summed E-state index contributed by atoms with van der Waals surface area (Å²) in [6.45, 7) is 0. The highest BCUT2D eigenvalue weighted by Gasteiger charge is 2.08. The van der Waals surface area contributed by atoms with Gasteiger partial charge in [0.15, 0.2) is 23.4 Å². The van der Waals surface area contributed by atoms with Crippen LogP contribution in [0, 0.1) is 5.82 Å². The average molecular weight is 243 g/mol. The predicted octanol–water partition coefficient (Wildman–Crippen LogP) is 3.15. The number of benzene rings is 1. The van der Waals surface area contributed by atoms with Gasteiger partial charge < -0.3 is 4.42 Å². The summed E-state index contributed by atoms with van der Waals surface area (Å²) in [5.74, 6) is -0.343. The molecule has 0 fully saturated rings. The zero-order valence-electron chi connectivity index (χ0n) is 6.38. The van der Waals surface area contributed by atoms with Crippen LogP contribution in [0.4, 0.5) is 4.39 Å². The molecular formula is C9H4BrFO2. The van der Waals surface area contributed by atoms with Gasteiger partial charge in [0, 0.05) is 9.86 Å². The van der Waals surface area contributed by atoms with E-state index in [1.807, 2.05) is 0 Å². The van der Waals surface area contributed by atoms with E-state index < -0.39 is 5.82 Å². The number of rotatable bonds is 1. The summed E-state index contributed by atoms with van der Waals surface area (Å²) in [4.78, 5) is 10.3. The van der Waals surface area contributed by atoms with Gasteiger partial charge in [0.2, 0.25) is 0 Å². The minimum absolute atomic E-state index is 0.116. The van der Waals surface area contributed by atoms with E-state index in [0.717, 1.165) is 0 Å². The summed E-state index contributed by atoms with van der Waals surface area (Å²) >= 11 is 3.14. The molecule has 2 aromatic rings. The number of carbonyl (C=O) groups is 1. The van der Waals surface area contributed by atoms with Crippen molar-refractivity contribution in [2.75, 3.05) is 0 Å². The average Bonchev–Trinajstić information content (AvgIpc) is 2.47. The molecular weight excluding hydrogens is 239 g/mol. The van der Waals surface area contributed by atoms with Crippen LogP contribution in [0.25, 0.3) is 11.0 Å². The van der Waals surface area contributed by atoms with Crippen molar-refractivity contribution >= 4 is 33.2 Å². The highest BCUT2D eigenvalue weighted by Crippen LogP contribution is 2.25. The SMILES string of the molecule is O=Cc1cc2cc(Br)cc(F)c2o1. The summed E-state index contributed by atoms with van der Waals surface area (Å²) in [5.41, 5.74) is 0.116. The van der Waals surface area contributed by atoms with Crippen molar-refractivity contribution in [1.82, 2.24) is 0 Å². The van der Waals surface area contributed by atoms with E-state index in [0.29, 0.717) is 16.1 Å². The van der Waals surface area contributed by atoms with Crippen molar-refractivity contribution in [2.24, 2.45) is 0 Å². The van der Waals surface area contributed by atoms with Crippen molar-refractivity contribution in [3.8, 4) is 0 Å². The van der Waals surface area contributed by atoms with Crippen LogP contribution in [0.2, 0.25) is 0 Å². The molecule has 1 aromatic carbocycles. The number of aldehydes is 1. The molecule has 0 atom stereocenters. The number of hydrogen-bond donors (Lipinski definition) is 0. The third kappa shape index (κ3) is 1.37. The second-order valence-electron chi connectivity index (χ2n) is 2.57. The third-order valence-electron chi connectivity index (χ3n) is 1.67. The first-order chi connectivity index (χ1) is 6.20. The predicted molar refractivity (Wildman–Crippen MR) is 49.3 cm³/mol. The lowest BCUT2D eigenvalue weighted by Crippen LogP contribution is -1.74. The van der Waals surface area contributed by atoms with Crippen molar-refractivity contribution < 1.29 is 13.6 Å². The van der Waals surface area contributed by atoms with Crippen LogP contribution >= 0.6 is 15.9 Å². The zero-order valence-corrected chi connectivity index (χ0v) is 7.97. The molecule has 4 heteroatoms. The van der Waals surface area contributed by atoms with Gasteiger partial charge in [0.1, 0.15) is 0 Å². The quantitative estimate of drug-likeness (QED) is 0.720. The molecule has 0 aliphatic rings. The van der Waals surface area contributed by atoms with Crippen LogP contribution in [-0.2, 0) is 0 Å². The number of carbonyl (C=O) groups excluding carboxylic acids is 1. The second-order valence-corrected chi connectivity index (χ2v) is 3.49. The van der Waals surface area contributed by atoms with Crippen molar-refractivity contribution in [3.63, 3.8) is 0 Å². The first-order valence-corrected chi connectivity index (χ1v) is 4.34. The van der Waals surface area contributed by atoms with Gasteiger partial charge in [-0.15, -0.1) is 0 Å². The van der Waals surface area contributed by atoms with E-state index in [4.69, 9.17) is 4.42 Å². The summed E-state index contributed by atoms with van der Waals surface area (Å²) < 4.78 is 18.7. The van der Waals surface area contributed by atoms with Crippen molar-refractivity contribution in [3.05, 3.63) is 34.2 Å². The monoisotopic (exact) mass is 242 g/mol. The molecule has 0 spiro atoms. The highest BCUT2D eigenvalue weighted by molar-refractivity contribution is 9.10. The highest BCUT2D eigenvalue weighted by atomic mass is 79.9. The minimum Gasteiger partial charge on any atom is -0.450 e. The molecule has 13 heavy (non-hydrogen) atoms. The van der Waals surface area contributed by atoms with Gasteiger partial charge in [-0.3, -0.25) is 4.79 Å². The molecule has 0 bridgehead atoms. The van der Waals surface area contributed by atoms with Gasteiger partial charge in [0.25, 0.3) is 0 Å². The fourth-order valence-electron chi connectivity index (χ4n) is 1.15. The van der Waals surface area contributed by atoms with E-state index in [9.17, 15) is 9.18 Å². The van der Waals surface area contributed by atoms with Gasteiger partial charge in [-0.05, 0) is 18.2 Å². The molecule has 0 unspecified atom stereocenters. The molecule has 0 aliphatic heterocycles. The first kappa shape index (κ1) is 8.44. The molecule has 1 heterocycles. The molecule has 0 radical (unpaired) electrons. The minimum atomic E-state index is -0.475. The molecule has 1 aromatic heterocycles. The molecule has 0 N–H and O–H groups in total. The number of fused-ring (bicyclic) bond motifs is 1. The molecule has 0 aliphatic carbocycles. The Morgan fingerprint density at radius 1 is 1.38 bits per heavy atom. The van der Waals surface area contributed by atoms with Crippen LogP contribution in [0.5, 0.6) is 0 Å². The maximum absolute atomic E-state index is 13.2. The van der Waals surface area contributed by atoms with Gasteiger partial charge in [-0.1, -0.05) is 15.9 Å². The van der Waals surface area contributed by atoms with Crippen LogP contribution in [-0.4, -0.2) is 6.29 Å². The van der Waals surface area contributed by atoms with Gasteiger partial charge >= 0.3 is 0 Å². The maximum atomic E-state index is 13.2. The Morgan fingerprint density at radius 3 is 2.85 bits per heavy atom. The van der Waals surface area contributed by atoms with E-state index in [1.54, 1.807) is 6.07 Å².